The number of hydrogen-bond donors (Lipinski definition) is 0. The minimum Gasteiger partial charge on any atom is -0.342 e. The molecule has 0 bridgehead atoms. The summed E-state index contributed by atoms with van der Waals surface area (Å²) in [5.74, 6) is 3.27. The van der Waals surface area contributed by atoms with Gasteiger partial charge in [-0.1, -0.05) is 13.8 Å². The van der Waals surface area contributed by atoms with Crippen molar-refractivity contribution in [1.82, 2.24) is 14.7 Å². The molecule has 0 N–H and O–H groups in total. The van der Waals surface area contributed by atoms with Crippen LogP contribution < -0.4 is 0 Å². The van der Waals surface area contributed by atoms with E-state index in [0.29, 0.717) is 17.9 Å². The van der Waals surface area contributed by atoms with E-state index in [0.717, 1.165) is 43.7 Å². The molecule has 0 aromatic heterocycles. The van der Waals surface area contributed by atoms with Gasteiger partial charge in [-0.2, -0.15) is 0 Å². The SMILES string of the molecule is CC(C)C1CCC(C(=O)N2CCC(CCCN3CCN(C(C)C)CC3)CC2)CC1. The molecule has 3 rings (SSSR count). The van der Waals surface area contributed by atoms with E-state index in [4.69, 9.17) is 0 Å². The van der Waals surface area contributed by atoms with Crippen molar-refractivity contribution < 1.29 is 4.79 Å². The molecular weight excluding hydrogens is 358 g/mol. The summed E-state index contributed by atoms with van der Waals surface area (Å²) >= 11 is 0. The van der Waals surface area contributed by atoms with E-state index in [9.17, 15) is 4.79 Å². The van der Waals surface area contributed by atoms with E-state index in [-0.39, 0.29) is 0 Å². The summed E-state index contributed by atoms with van der Waals surface area (Å²) in [6, 6.07) is 0.690. The zero-order chi connectivity index (χ0) is 20.8. The number of hydrogen-bond acceptors (Lipinski definition) is 3. The summed E-state index contributed by atoms with van der Waals surface area (Å²) in [5.41, 5.74) is 0. The van der Waals surface area contributed by atoms with Gasteiger partial charge in [0.05, 0.1) is 0 Å². The molecule has 0 aromatic rings. The summed E-state index contributed by atoms with van der Waals surface area (Å²) in [7, 11) is 0. The van der Waals surface area contributed by atoms with Crippen LogP contribution in [0.5, 0.6) is 0 Å². The van der Waals surface area contributed by atoms with Gasteiger partial charge in [0.2, 0.25) is 5.91 Å². The zero-order valence-corrected chi connectivity index (χ0v) is 19.7. The van der Waals surface area contributed by atoms with Crippen LogP contribution in [0.25, 0.3) is 0 Å². The number of rotatable bonds is 7. The number of carbonyl (C=O) groups excluding carboxylic acids is 1. The van der Waals surface area contributed by atoms with Gasteiger partial charge in [-0.05, 0) is 89.5 Å². The lowest BCUT2D eigenvalue weighted by atomic mass is 9.76. The Morgan fingerprint density at radius 2 is 1.45 bits per heavy atom. The van der Waals surface area contributed by atoms with Crippen molar-refractivity contribution in [3.63, 3.8) is 0 Å². The molecule has 0 unspecified atom stereocenters. The van der Waals surface area contributed by atoms with E-state index in [2.05, 4.69) is 42.4 Å². The van der Waals surface area contributed by atoms with Gasteiger partial charge in [0.15, 0.2) is 0 Å². The van der Waals surface area contributed by atoms with Gasteiger partial charge in [-0.25, -0.2) is 0 Å². The molecule has 1 amide bonds. The minimum atomic E-state index is 0.325. The second-order valence-electron chi connectivity index (χ2n) is 10.7. The molecular formula is C25H47N3O. The van der Waals surface area contributed by atoms with Crippen molar-refractivity contribution in [1.29, 1.82) is 0 Å². The Balaban J connectivity index is 1.28. The first-order chi connectivity index (χ1) is 13.9. The number of amides is 1. The van der Waals surface area contributed by atoms with Crippen molar-refractivity contribution in [2.24, 2.45) is 23.7 Å². The molecule has 2 heterocycles. The molecule has 2 saturated heterocycles. The summed E-state index contributed by atoms with van der Waals surface area (Å²) < 4.78 is 0. The molecule has 4 heteroatoms. The average molecular weight is 406 g/mol. The second kappa shape index (κ2) is 11.1. The first kappa shape index (κ1) is 23.1. The normalized spacial score (nSPS) is 28.4. The van der Waals surface area contributed by atoms with E-state index in [1.165, 1.54) is 71.2 Å². The summed E-state index contributed by atoms with van der Waals surface area (Å²) in [4.78, 5) is 20.4. The van der Waals surface area contributed by atoms with Crippen LogP contribution in [0.1, 0.15) is 79.1 Å². The fraction of sp³-hybridized carbons (Fsp3) is 0.960. The molecule has 0 radical (unpaired) electrons. The maximum atomic E-state index is 12.9. The second-order valence-corrected chi connectivity index (χ2v) is 10.7. The Bertz CT molecular complexity index is 482. The molecule has 0 aromatic carbocycles. The quantitative estimate of drug-likeness (QED) is 0.624. The van der Waals surface area contributed by atoms with Gasteiger partial charge in [-0.15, -0.1) is 0 Å². The van der Waals surface area contributed by atoms with Crippen LogP contribution in [0.3, 0.4) is 0 Å². The Kier molecular flexibility index (Phi) is 8.85. The number of likely N-dealkylation sites (tertiary alicyclic amines) is 1. The number of piperazine rings is 1. The molecule has 3 fully saturated rings. The fourth-order valence-corrected chi connectivity index (χ4v) is 5.84. The highest BCUT2D eigenvalue weighted by atomic mass is 16.2. The van der Waals surface area contributed by atoms with Gasteiger partial charge in [0.1, 0.15) is 0 Å². The van der Waals surface area contributed by atoms with Crippen LogP contribution in [0.15, 0.2) is 0 Å². The van der Waals surface area contributed by atoms with Crippen LogP contribution >= 0.6 is 0 Å². The van der Waals surface area contributed by atoms with E-state index >= 15 is 0 Å². The predicted octanol–water partition coefficient (Wildman–Crippen LogP) is 4.49. The van der Waals surface area contributed by atoms with Crippen molar-refractivity contribution in [2.45, 2.75) is 85.1 Å². The van der Waals surface area contributed by atoms with E-state index < -0.39 is 0 Å². The molecule has 0 spiro atoms. The summed E-state index contributed by atoms with van der Waals surface area (Å²) in [6.07, 6.45) is 9.93. The number of carbonyl (C=O) groups is 1. The largest absolute Gasteiger partial charge is 0.342 e. The van der Waals surface area contributed by atoms with E-state index in [1.807, 2.05) is 0 Å². The lowest BCUT2D eigenvalue weighted by Gasteiger charge is -2.38. The Hall–Kier alpha value is -0.610. The van der Waals surface area contributed by atoms with Gasteiger partial charge in [-0.3, -0.25) is 9.69 Å². The number of piperidine rings is 1. The van der Waals surface area contributed by atoms with Crippen molar-refractivity contribution >= 4 is 5.91 Å². The molecule has 3 aliphatic rings. The highest BCUT2D eigenvalue weighted by Gasteiger charge is 2.32. The molecule has 2 aliphatic heterocycles. The van der Waals surface area contributed by atoms with Crippen LogP contribution in [0, 0.1) is 23.7 Å². The topological polar surface area (TPSA) is 26.8 Å². The Morgan fingerprint density at radius 3 is 2.00 bits per heavy atom. The molecule has 1 aliphatic carbocycles. The molecule has 4 nitrogen and oxygen atoms in total. The Labute approximate surface area is 180 Å². The maximum Gasteiger partial charge on any atom is 0.225 e. The average Bonchev–Trinajstić information content (AvgIpc) is 2.74. The van der Waals surface area contributed by atoms with Crippen LogP contribution in [0.4, 0.5) is 0 Å². The van der Waals surface area contributed by atoms with Crippen molar-refractivity contribution in [3.8, 4) is 0 Å². The van der Waals surface area contributed by atoms with Gasteiger partial charge in [0.25, 0.3) is 0 Å². The third kappa shape index (κ3) is 6.69. The van der Waals surface area contributed by atoms with E-state index in [1.54, 1.807) is 0 Å². The zero-order valence-electron chi connectivity index (χ0n) is 19.7. The molecule has 168 valence electrons. The number of nitrogens with zero attached hydrogens (tertiary/aromatic N) is 3. The minimum absolute atomic E-state index is 0.325. The van der Waals surface area contributed by atoms with Crippen molar-refractivity contribution in [2.75, 3.05) is 45.8 Å². The first-order valence-electron chi connectivity index (χ1n) is 12.7. The van der Waals surface area contributed by atoms with Crippen LogP contribution in [0.2, 0.25) is 0 Å². The molecule has 0 atom stereocenters. The lowest BCUT2D eigenvalue weighted by molar-refractivity contribution is -0.138. The smallest absolute Gasteiger partial charge is 0.225 e. The maximum absolute atomic E-state index is 12.9. The standard InChI is InChI=1S/C25H47N3O/c1-20(2)23-7-9-24(10-8-23)25(29)28-14-11-22(12-15-28)6-5-13-26-16-18-27(19-17-26)21(3)4/h20-24H,5-19H2,1-4H3. The Morgan fingerprint density at radius 1 is 0.828 bits per heavy atom. The van der Waals surface area contributed by atoms with Gasteiger partial charge < -0.3 is 9.80 Å². The lowest BCUT2D eigenvalue weighted by Crippen LogP contribution is -2.49. The third-order valence-corrected chi connectivity index (χ3v) is 8.21. The summed E-state index contributed by atoms with van der Waals surface area (Å²) in [6.45, 7) is 17.5. The van der Waals surface area contributed by atoms with Crippen LogP contribution in [-0.2, 0) is 4.79 Å². The third-order valence-electron chi connectivity index (χ3n) is 8.21. The van der Waals surface area contributed by atoms with Gasteiger partial charge in [0, 0.05) is 51.2 Å². The predicted molar refractivity (Wildman–Crippen MR) is 122 cm³/mol. The van der Waals surface area contributed by atoms with Crippen LogP contribution in [-0.4, -0.2) is 72.5 Å². The molecule has 29 heavy (non-hydrogen) atoms. The fourth-order valence-electron chi connectivity index (χ4n) is 5.84. The molecule has 1 saturated carbocycles. The summed E-state index contributed by atoms with van der Waals surface area (Å²) in [5, 5.41) is 0. The first-order valence-corrected chi connectivity index (χ1v) is 12.7. The van der Waals surface area contributed by atoms with Gasteiger partial charge >= 0.3 is 0 Å². The monoisotopic (exact) mass is 405 g/mol. The van der Waals surface area contributed by atoms with Crippen molar-refractivity contribution in [3.05, 3.63) is 0 Å². The highest BCUT2D eigenvalue weighted by Crippen LogP contribution is 2.35. The highest BCUT2D eigenvalue weighted by molar-refractivity contribution is 5.79.